The molecule has 0 radical (unpaired) electrons. The molecule has 20 heavy (non-hydrogen) atoms. The summed E-state index contributed by atoms with van der Waals surface area (Å²) in [6, 6.07) is 2.09. The van der Waals surface area contributed by atoms with Crippen molar-refractivity contribution in [2.75, 3.05) is 13.2 Å². The van der Waals surface area contributed by atoms with Crippen LogP contribution in [0, 0.1) is 5.92 Å². The van der Waals surface area contributed by atoms with Gasteiger partial charge < -0.3 is 10.4 Å². The van der Waals surface area contributed by atoms with Crippen LogP contribution in [0.4, 0.5) is 0 Å². The first kappa shape index (κ1) is 15.5. The van der Waals surface area contributed by atoms with E-state index >= 15 is 0 Å². The van der Waals surface area contributed by atoms with Crippen LogP contribution in [0.15, 0.2) is 6.07 Å². The zero-order valence-electron chi connectivity index (χ0n) is 12.3. The van der Waals surface area contributed by atoms with Gasteiger partial charge in [-0.15, -0.1) is 11.3 Å². The maximum Gasteiger partial charge on any atom is 0.261 e. The van der Waals surface area contributed by atoms with Gasteiger partial charge in [-0.25, -0.2) is 0 Å². The SMILES string of the molecule is CC(CO)CCCNC(=O)c1cc2c(s1)CCCCC2. The van der Waals surface area contributed by atoms with Gasteiger partial charge in [0.2, 0.25) is 0 Å². The second kappa shape index (κ2) is 7.79. The molecule has 0 aromatic carbocycles. The van der Waals surface area contributed by atoms with Crippen LogP contribution in [0.3, 0.4) is 0 Å². The molecule has 1 aromatic heterocycles. The number of carbonyl (C=O) groups excluding carboxylic acids is 1. The average Bonchev–Trinajstić information content (AvgIpc) is 2.74. The van der Waals surface area contributed by atoms with E-state index in [0.717, 1.165) is 30.6 Å². The molecule has 2 N–H and O–H groups in total. The Labute approximate surface area is 125 Å². The van der Waals surface area contributed by atoms with E-state index in [4.69, 9.17) is 5.11 Å². The van der Waals surface area contributed by atoms with E-state index < -0.39 is 0 Å². The molecule has 4 heteroatoms. The van der Waals surface area contributed by atoms with Crippen LogP contribution < -0.4 is 5.32 Å². The number of nitrogens with one attached hydrogen (secondary N) is 1. The zero-order valence-corrected chi connectivity index (χ0v) is 13.1. The van der Waals surface area contributed by atoms with E-state index in [-0.39, 0.29) is 12.5 Å². The molecule has 0 saturated heterocycles. The van der Waals surface area contributed by atoms with E-state index in [2.05, 4.69) is 11.4 Å². The van der Waals surface area contributed by atoms with Crippen molar-refractivity contribution in [2.45, 2.75) is 51.9 Å². The molecule has 0 bridgehead atoms. The van der Waals surface area contributed by atoms with Crippen LogP contribution in [0.5, 0.6) is 0 Å². The van der Waals surface area contributed by atoms with Crippen molar-refractivity contribution in [3.05, 3.63) is 21.4 Å². The predicted octanol–water partition coefficient (Wildman–Crippen LogP) is 3.16. The van der Waals surface area contributed by atoms with E-state index in [1.807, 2.05) is 6.92 Å². The number of hydrogen-bond acceptors (Lipinski definition) is 3. The summed E-state index contributed by atoms with van der Waals surface area (Å²) in [4.78, 5) is 14.4. The summed E-state index contributed by atoms with van der Waals surface area (Å²) in [5, 5.41) is 11.9. The number of thiophene rings is 1. The molecule has 0 spiro atoms. The molecule has 3 nitrogen and oxygen atoms in total. The number of fused-ring (bicyclic) bond motifs is 1. The van der Waals surface area contributed by atoms with Gasteiger partial charge in [-0.3, -0.25) is 4.79 Å². The molecular weight excluding hydrogens is 270 g/mol. The second-order valence-corrected chi connectivity index (χ2v) is 6.94. The van der Waals surface area contributed by atoms with Crippen LogP contribution in [0.1, 0.15) is 59.1 Å². The smallest absolute Gasteiger partial charge is 0.261 e. The Bertz CT molecular complexity index is 418. The largest absolute Gasteiger partial charge is 0.396 e. The van der Waals surface area contributed by atoms with E-state index in [1.165, 1.54) is 29.7 Å². The van der Waals surface area contributed by atoms with Crippen LogP contribution in [0.2, 0.25) is 0 Å². The number of aliphatic hydroxyl groups excluding tert-OH is 1. The molecule has 0 fully saturated rings. The molecule has 1 heterocycles. The van der Waals surface area contributed by atoms with Crippen molar-refractivity contribution in [3.63, 3.8) is 0 Å². The van der Waals surface area contributed by atoms with Gasteiger partial charge in [0.1, 0.15) is 0 Å². The first-order valence-corrected chi connectivity index (χ1v) is 8.53. The predicted molar refractivity (Wildman–Crippen MR) is 83.4 cm³/mol. The highest BCUT2D eigenvalue weighted by Gasteiger charge is 2.16. The van der Waals surface area contributed by atoms with E-state index in [1.54, 1.807) is 11.3 Å². The number of aliphatic hydroxyl groups is 1. The average molecular weight is 295 g/mol. The van der Waals surface area contributed by atoms with Gasteiger partial charge in [0.15, 0.2) is 0 Å². The van der Waals surface area contributed by atoms with Crippen molar-refractivity contribution in [1.82, 2.24) is 5.32 Å². The minimum Gasteiger partial charge on any atom is -0.396 e. The van der Waals surface area contributed by atoms with Crippen LogP contribution in [0.25, 0.3) is 0 Å². The fraction of sp³-hybridized carbons (Fsp3) is 0.688. The number of hydrogen-bond donors (Lipinski definition) is 2. The van der Waals surface area contributed by atoms with Gasteiger partial charge in [-0.05, 0) is 56.1 Å². The minimum atomic E-state index is 0.0692. The summed E-state index contributed by atoms with van der Waals surface area (Å²) < 4.78 is 0. The summed E-state index contributed by atoms with van der Waals surface area (Å²) in [5.41, 5.74) is 1.39. The quantitative estimate of drug-likeness (QED) is 0.625. The van der Waals surface area contributed by atoms with Gasteiger partial charge in [0.05, 0.1) is 4.88 Å². The van der Waals surface area contributed by atoms with Crippen molar-refractivity contribution >= 4 is 17.2 Å². The van der Waals surface area contributed by atoms with Gasteiger partial charge in [-0.1, -0.05) is 13.3 Å². The molecule has 1 atom stereocenters. The molecule has 0 aliphatic heterocycles. The molecule has 1 aliphatic carbocycles. The Morgan fingerprint density at radius 2 is 2.20 bits per heavy atom. The zero-order chi connectivity index (χ0) is 14.4. The maximum atomic E-state index is 12.1. The highest BCUT2D eigenvalue weighted by molar-refractivity contribution is 7.14. The number of rotatable bonds is 6. The minimum absolute atomic E-state index is 0.0692. The Morgan fingerprint density at radius 1 is 1.40 bits per heavy atom. The van der Waals surface area contributed by atoms with Crippen LogP contribution in [-0.2, 0) is 12.8 Å². The molecule has 2 rings (SSSR count). The Hall–Kier alpha value is -0.870. The van der Waals surface area contributed by atoms with Crippen LogP contribution >= 0.6 is 11.3 Å². The number of aryl methyl sites for hydroxylation is 2. The standard InChI is InChI=1S/C16H25NO2S/c1-12(11-18)6-5-9-17-16(19)15-10-13-7-3-2-4-8-14(13)20-15/h10,12,18H,2-9,11H2,1H3,(H,17,19). The summed E-state index contributed by atoms with van der Waals surface area (Å²) in [7, 11) is 0. The third-order valence-electron chi connectivity index (χ3n) is 3.94. The van der Waals surface area contributed by atoms with Crippen molar-refractivity contribution in [2.24, 2.45) is 5.92 Å². The molecular formula is C16H25NO2S. The van der Waals surface area contributed by atoms with E-state index in [0.29, 0.717) is 12.5 Å². The lowest BCUT2D eigenvalue weighted by molar-refractivity contribution is 0.0956. The second-order valence-electron chi connectivity index (χ2n) is 5.81. The lowest BCUT2D eigenvalue weighted by Crippen LogP contribution is -2.24. The lowest BCUT2D eigenvalue weighted by Gasteiger charge is -2.07. The molecule has 112 valence electrons. The number of amides is 1. The first-order valence-electron chi connectivity index (χ1n) is 7.71. The molecule has 1 aromatic rings. The maximum absolute atomic E-state index is 12.1. The topological polar surface area (TPSA) is 49.3 Å². The fourth-order valence-corrected chi connectivity index (χ4v) is 3.78. The lowest BCUT2D eigenvalue weighted by atomic mass is 10.1. The Kier molecular flexibility index (Phi) is 6.05. The van der Waals surface area contributed by atoms with Gasteiger partial charge in [0.25, 0.3) is 5.91 Å². The molecule has 0 saturated carbocycles. The monoisotopic (exact) mass is 295 g/mol. The highest BCUT2D eigenvalue weighted by Crippen LogP contribution is 2.28. The summed E-state index contributed by atoms with van der Waals surface area (Å²) >= 11 is 1.67. The highest BCUT2D eigenvalue weighted by atomic mass is 32.1. The molecule has 1 unspecified atom stereocenters. The van der Waals surface area contributed by atoms with Crippen molar-refractivity contribution in [1.29, 1.82) is 0 Å². The van der Waals surface area contributed by atoms with Crippen molar-refractivity contribution in [3.8, 4) is 0 Å². The van der Waals surface area contributed by atoms with E-state index in [9.17, 15) is 4.79 Å². The fourth-order valence-electron chi connectivity index (χ4n) is 2.61. The van der Waals surface area contributed by atoms with Gasteiger partial charge in [-0.2, -0.15) is 0 Å². The molecule has 1 amide bonds. The normalized spacial score (nSPS) is 16.3. The first-order chi connectivity index (χ1) is 9.70. The van der Waals surface area contributed by atoms with Crippen molar-refractivity contribution < 1.29 is 9.90 Å². The van der Waals surface area contributed by atoms with Crippen LogP contribution in [-0.4, -0.2) is 24.2 Å². The third-order valence-corrected chi connectivity index (χ3v) is 5.18. The number of carbonyl (C=O) groups is 1. The summed E-state index contributed by atoms with van der Waals surface area (Å²) in [6.07, 6.45) is 7.98. The van der Waals surface area contributed by atoms with Gasteiger partial charge in [0, 0.05) is 18.0 Å². The molecule has 1 aliphatic rings. The Morgan fingerprint density at radius 3 is 3.00 bits per heavy atom. The Balaban J connectivity index is 1.81. The third kappa shape index (κ3) is 4.32. The summed E-state index contributed by atoms with van der Waals surface area (Å²) in [5.74, 6) is 0.393. The summed E-state index contributed by atoms with van der Waals surface area (Å²) in [6.45, 7) is 2.95. The van der Waals surface area contributed by atoms with Gasteiger partial charge >= 0.3 is 0 Å².